The van der Waals surface area contributed by atoms with E-state index < -0.39 is 0 Å². The van der Waals surface area contributed by atoms with Crippen molar-refractivity contribution in [2.45, 2.75) is 69.2 Å². The van der Waals surface area contributed by atoms with Crippen molar-refractivity contribution in [3.63, 3.8) is 0 Å². The molecule has 0 N–H and O–H groups in total. The first-order valence-electron chi connectivity index (χ1n) is 10.9. The van der Waals surface area contributed by atoms with Gasteiger partial charge in [0.1, 0.15) is 0 Å². The third-order valence-corrected chi connectivity index (χ3v) is 7.83. The number of nitrogens with zero attached hydrogens (tertiary/aromatic N) is 2. The van der Waals surface area contributed by atoms with E-state index in [1.54, 1.807) is 11.3 Å². The predicted octanol–water partition coefficient (Wildman–Crippen LogP) is 8.50. The minimum absolute atomic E-state index is 1.05. The van der Waals surface area contributed by atoms with Crippen LogP contribution < -0.4 is 0 Å². The summed E-state index contributed by atoms with van der Waals surface area (Å²) in [6.45, 7) is 21.5. The maximum atomic E-state index is 5.05. The molecule has 2 nitrogen and oxygen atoms in total. The molecule has 0 spiro atoms. The summed E-state index contributed by atoms with van der Waals surface area (Å²) >= 11 is 1.77. The van der Waals surface area contributed by atoms with Gasteiger partial charge in [0.15, 0.2) is 0 Å². The van der Waals surface area contributed by atoms with E-state index in [1.807, 2.05) is 0 Å². The molecule has 3 aromatic rings. The fourth-order valence-corrected chi connectivity index (χ4v) is 4.80. The summed E-state index contributed by atoms with van der Waals surface area (Å²) in [7, 11) is 0. The van der Waals surface area contributed by atoms with Crippen molar-refractivity contribution in [2.75, 3.05) is 0 Å². The standard InChI is InChI=1S/C28H34N2S/c1-15-13-16(2)20(6)27(19(15)5)29-23(9)25-11-12-26(31-25)24(10)30-28-21(7)17(3)14-18(4)22(28)8/h11-14H,1-10H3. The first kappa shape index (κ1) is 23.1. The Morgan fingerprint density at radius 3 is 1.13 bits per heavy atom. The van der Waals surface area contributed by atoms with Crippen LogP contribution in [0.15, 0.2) is 34.3 Å². The average Bonchev–Trinajstić information content (AvgIpc) is 3.21. The molecule has 3 rings (SSSR count). The Kier molecular flexibility index (Phi) is 6.66. The van der Waals surface area contributed by atoms with Gasteiger partial charge in [-0.3, -0.25) is 9.98 Å². The normalized spacial score (nSPS) is 12.6. The molecule has 0 aliphatic rings. The van der Waals surface area contributed by atoms with E-state index in [4.69, 9.17) is 9.98 Å². The summed E-state index contributed by atoms with van der Waals surface area (Å²) in [5.41, 5.74) is 14.6. The summed E-state index contributed by atoms with van der Waals surface area (Å²) in [6.07, 6.45) is 0. The quantitative estimate of drug-likeness (QED) is 0.371. The third kappa shape index (κ3) is 4.57. The van der Waals surface area contributed by atoms with Gasteiger partial charge in [-0.25, -0.2) is 0 Å². The first-order chi connectivity index (χ1) is 14.5. The Labute approximate surface area is 191 Å². The monoisotopic (exact) mass is 430 g/mol. The van der Waals surface area contributed by atoms with Crippen LogP contribution in [0.1, 0.15) is 68.1 Å². The molecule has 3 heteroatoms. The summed E-state index contributed by atoms with van der Waals surface area (Å²) in [5.74, 6) is 0. The maximum absolute atomic E-state index is 5.05. The summed E-state index contributed by atoms with van der Waals surface area (Å²) in [6, 6.07) is 8.84. The van der Waals surface area contributed by atoms with Crippen molar-refractivity contribution in [1.29, 1.82) is 0 Å². The van der Waals surface area contributed by atoms with Crippen LogP contribution in [0.5, 0.6) is 0 Å². The third-order valence-electron chi connectivity index (χ3n) is 6.53. The minimum atomic E-state index is 1.05. The summed E-state index contributed by atoms with van der Waals surface area (Å²) < 4.78 is 0. The summed E-state index contributed by atoms with van der Waals surface area (Å²) in [4.78, 5) is 12.5. The zero-order valence-electron chi connectivity index (χ0n) is 20.6. The van der Waals surface area contributed by atoms with E-state index in [0.29, 0.717) is 0 Å². The SMILES string of the molecule is CC(=Nc1c(C)c(C)cc(C)c1C)c1ccc(C(C)=Nc2c(C)c(C)cc(C)c2C)s1. The molecule has 0 aliphatic carbocycles. The molecule has 2 aromatic carbocycles. The van der Waals surface area contributed by atoms with Crippen molar-refractivity contribution in [1.82, 2.24) is 0 Å². The Bertz CT molecular complexity index is 1080. The van der Waals surface area contributed by atoms with Crippen LogP contribution in [0.3, 0.4) is 0 Å². The lowest BCUT2D eigenvalue weighted by molar-refractivity contribution is 1.22. The van der Waals surface area contributed by atoms with Crippen LogP contribution in [0.2, 0.25) is 0 Å². The molecule has 0 saturated carbocycles. The zero-order valence-corrected chi connectivity index (χ0v) is 21.4. The molecule has 1 heterocycles. The molecular weight excluding hydrogens is 396 g/mol. The highest BCUT2D eigenvalue weighted by atomic mass is 32.1. The number of hydrogen-bond acceptors (Lipinski definition) is 3. The van der Waals surface area contributed by atoms with Crippen LogP contribution in [-0.4, -0.2) is 11.4 Å². The van der Waals surface area contributed by atoms with Gasteiger partial charge >= 0.3 is 0 Å². The van der Waals surface area contributed by atoms with Gasteiger partial charge in [0.25, 0.3) is 0 Å². The predicted molar refractivity (Wildman–Crippen MR) is 139 cm³/mol. The second-order valence-electron chi connectivity index (χ2n) is 8.78. The van der Waals surface area contributed by atoms with E-state index in [-0.39, 0.29) is 0 Å². The molecular formula is C28H34N2S. The van der Waals surface area contributed by atoms with Gasteiger partial charge in [0.2, 0.25) is 0 Å². The van der Waals surface area contributed by atoms with E-state index in [1.165, 1.54) is 54.3 Å². The van der Waals surface area contributed by atoms with Crippen LogP contribution in [0.25, 0.3) is 0 Å². The number of hydrogen-bond donors (Lipinski definition) is 0. The molecule has 0 bridgehead atoms. The van der Waals surface area contributed by atoms with Gasteiger partial charge in [-0.05, 0) is 126 Å². The first-order valence-corrected chi connectivity index (χ1v) is 11.7. The smallest absolute Gasteiger partial charge is 0.0697 e. The summed E-state index contributed by atoms with van der Waals surface area (Å²) in [5, 5.41) is 0. The number of benzene rings is 2. The average molecular weight is 431 g/mol. The van der Waals surface area contributed by atoms with E-state index in [9.17, 15) is 0 Å². The molecule has 0 amide bonds. The minimum Gasteiger partial charge on any atom is -0.252 e. The van der Waals surface area contributed by atoms with Crippen molar-refractivity contribution in [3.05, 3.63) is 78.5 Å². The van der Waals surface area contributed by atoms with E-state index >= 15 is 0 Å². The Morgan fingerprint density at radius 2 is 0.839 bits per heavy atom. The van der Waals surface area contributed by atoms with Gasteiger partial charge in [0, 0.05) is 9.75 Å². The molecule has 0 atom stereocenters. The second-order valence-corrected chi connectivity index (χ2v) is 9.86. The van der Waals surface area contributed by atoms with Gasteiger partial charge in [-0.2, -0.15) is 0 Å². The van der Waals surface area contributed by atoms with E-state index in [0.717, 1.165) is 22.8 Å². The van der Waals surface area contributed by atoms with Crippen LogP contribution in [-0.2, 0) is 0 Å². The van der Waals surface area contributed by atoms with Gasteiger partial charge in [-0.15, -0.1) is 11.3 Å². The lowest BCUT2D eigenvalue weighted by atomic mass is 9.99. The van der Waals surface area contributed by atoms with Gasteiger partial charge in [-0.1, -0.05) is 12.1 Å². The van der Waals surface area contributed by atoms with Crippen molar-refractivity contribution < 1.29 is 0 Å². The molecule has 0 saturated heterocycles. The van der Waals surface area contributed by atoms with E-state index in [2.05, 4.69) is 93.5 Å². The molecule has 162 valence electrons. The van der Waals surface area contributed by atoms with Crippen molar-refractivity contribution in [3.8, 4) is 0 Å². The molecule has 0 fully saturated rings. The van der Waals surface area contributed by atoms with Crippen LogP contribution in [0, 0.1) is 55.4 Å². The lowest BCUT2D eigenvalue weighted by Gasteiger charge is -2.12. The van der Waals surface area contributed by atoms with Gasteiger partial charge < -0.3 is 0 Å². The Balaban J connectivity index is 1.99. The van der Waals surface area contributed by atoms with Crippen molar-refractivity contribution >= 4 is 34.1 Å². The number of rotatable bonds is 4. The number of aliphatic imine (C=N–C) groups is 2. The molecule has 31 heavy (non-hydrogen) atoms. The topological polar surface area (TPSA) is 24.7 Å². The maximum Gasteiger partial charge on any atom is 0.0697 e. The molecule has 1 aromatic heterocycles. The van der Waals surface area contributed by atoms with Crippen LogP contribution in [0.4, 0.5) is 11.4 Å². The molecule has 0 aliphatic heterocycles. The Morgan fingerprint density at radius 1 is 0.548 bits per heavy atom. The zero-order chi connectivity index (χ0) is 23.0. The lowest BCUT2D eigenvalue weighted by Crippen LogP contribution is -1.95. The van der Waals surface area contributed by atoms with Gasteiger partial charge in [0.05, 0.1) is 22.8 Å². The molecule has 0 radical (unpaired) electrons. The highest BCUT2D eigenvalue weighted by Gasteiger charge is 2.12. The fourth-order valence-electron chi connectivity index (χ4n) is 3.90. The van der Waals surface area contributed by atoms with Crippen LogP contribution >= 0.6 is 11.3 Å². The van der Waals surface area contributed by atoms with Crippen molar-refractivity contribution in [2.24, 2.45) is 9.98 Å². The highest BCUT2D eigenvalue weighted by Crippen LogP contribution is 2.32. The molecule has 0 unspecified atom stereocenters. The number of aryl methyl sites for hydroxylation is 4. The Hall–Kier alpha value is -2.52. The highest BCUT2D eigenvalue weighted by molar-refractivity contribution is 7.16. The fraction of sp³-hybridized carbons (Fsp3) is 0.357. The largest absolute Gasteiger partial charge is 0.252 e. The number of thiophene rings is 1. The second kappa shape index (κ2) is 8.92.